The number of carbonyl (C=O) groups excluding carboxylic acids is 1. The highest BCUT2D eigenvalue weighted by molar-refractivity contribution is 7.92. The van der Waals surface area contributed by atoms with E-state index in [9.17, 15) is 13.2 Å². The third kappa shape index (κ3) is 5.88. The summed E-state index contributed by atoms with van der Waals surface area (Å²) in [6.45, 7) is 4.65. The van der Waals surface area contributed by atoms with Gasteiger partial charge in [-0.3, -0.25) is 9.10 Å². The lowest BCUT2D eigenvalue weighted by molar-refractivity contribution is -0.121. The molecule has 0 aliphatic carbocycles. The minimum absolute atomic E-state index is 0.0798. The summed E-state index contributed by atoms with van der Waals surface area (Å²) in [4.78, 5) is 12.0. The molecule has 0 aliphatic heterocycles. The molecule has 2 aromatic carbocycles. The summed E-state index contributed by atoms with van der Waals surface area (Å²) < 4.78 is 25.6. The van der Waals surface area contributed by atoms with Gasteiger partial charge >= 0.3 is 0 Å². The highest BCUT2D eigenvalue weighted by Crippen LogP contribution is 2.22. The molecule has 0 saturated heterocycles. The van der Waals surface area contributed by atoms with Crippen LogP contribution in [0.4, 0.5) is 5.69 Å². The van der Waals surface area contributed by atoms with Crippen LogP contribution in [-0.2, 0) is 21.4 Å². The van der Waals surface area contributed by atoms with Crippen LogP contribution in [0.2, 0.25) is 0 Å². The number of benzene rings is 2. The van der Waals surface area contributed by atoms with Gasteiger partial charge in [0.2, 0.25) is 15.9 Å². The highest BCUT2D eigenvalue weighted by Gasteiger charge is 2.18. The molecule has 0 saturated carbocycles. The SMILES string of the molecule is Cc1ccc(CNC(=O)CCCN(c2ccccc2C)S(C)(=O)=O)cc1. The summed E-state index contributed by atoms with van der Waals surface area (Å²) in [6.07, 6.45) is 1.93. The normalized spacial score (nSPS) is 11.2. The Labute approximate surface area is 156 Å². The van der Waals surface area contributed by atoms with Crippen LogP contribution in [0.1, 0.15) is 29.5 Å². The summed E-state index contributed by atoms with van der Waals surface area (Å²) in [7, 11) is -3.40. The van der Waals surface area contributed by atoms with Crippen LogP contribution in [0.3, 0.4) is 0 Å². The molecule has 0 aliphatic rings. The van der Waals surface area contributed by atoms with Gasteiger partial charge in [-0.2, -0.15) is 0 Å². The average Bonchev–Trinajstić information content (AvgIpc) is 2.58. The zero-order valence-corrected chi connectivity index (χ0v) is 16.3. The number of sulfonamides is 1. The smallest absolute Gasteiger partial charge is 0.232 e. The van der Waals surface area contributed by atoms with Gasteiger partial charge in [-0.05, 0) is 37.5 Å². The van der Waals surface area contributed by atoms with E-state index in [4.69, 9.17) is 0 Å². The Kier molecular flexibility index (Phi) is 6.80. The van der Waals surface area contributed by atoms with E-state index in [1.54, 1.807) is 6.07 Å². The monoisotopic (exact) mass is 374 g/mol. The van der Waals surface area contributed by atoms with Gasteiger partial charge in [0.15, 0.2) is 0 Å². The van der Waals surface area contributed by atoms with Gasteiger partial charge in [-0.1, -0.05) is 48.0 Å². The van der Waals surface area contributed by atoms with E-state index < -0.39 is 10.0 Å². The van der Waals surface area contributed by atoms with E-state index in [2.05, 4.69) is 5.32 Å². The minimum atomic E-state index is -3.40. The maximum absolute atomic E-state index is 12.1. The molecule has 2 rings (SSSR count). The predicted octanol–water partition coefficient (Wildman–Crippen LogP) is 3.17. The fraction of sp³-hybridized carbons (Fsp3) is 0.350. The third-order valence-corrected chi connectivity index (χ3v) is 5.34. The maximum Gasteiger partial charge on any atom is 0.232 e. The van der Waals surface area contributed by atoms with Crippen molar-refractivity contribution in [2.24, 2.45) is 0 Å². The summed E-state index contributed by atoms with van der Waals surface area (Å²) in [6, 6.07) is 15.3. The van der Waals surface area contributed by atoms with Gasteiger partial charge in [-0.25, -0.2) is 8.42 Å². The number of hydrogen-bond donors (Lipinski definition) is 1. The zero-order valence-electron chi connectivity index (χ0n) is 15.5. The highest BCUT2D eigenvalue weighted by atomic mass is 32.2. The molecule has 0 unspecified atom stereocenters. The predicted molar refractivity (Wildman–Crippen MR) is 106 cm³/mol. The molecule has 0 spiro atoms. The van der Waals surface area contributed by atoms with Crippen LogP contribution in [0.5, 0.6) is 0 Å². The first-order valence-electron chi connectivity index (χ1n) is 8.63. The second-order valence-electron chi connectivity index (χ2n) is 6.49. The van der Waals surface area contributed by atoms with Gasteiger partial charge in [0.25, 0.3) is 0 Å². The molecule has 1 N–H and O–H groups in total. The molecule has 0 aromatic heterocycles. The average molecular weight is 375 g/mol. The first-order valence-corrected chi connectivity index (χ1v) is 10.5. The fourth-order valence-electron chi connectivity index (χ4n) is 2.69. The molecular formula is C20H26N2O3S. The van der Waals surface area contributed by atoms with Crippen LogP contribution in [0.15, 0.2) is 48.5 Å². The van der Waals surface area contributed by atoms with Crippen LogP contribution in [0.25, 0.3) is 0 Å². The quantitative estimate of drug-likeness (QED) is 0.772. The molecule has 0 radical (unpaired) electrons. The van der Waals surface area contributed by atoms with Crippen molar-refractivity contribution in [3.63, 3.8) is 0 Å². The summed E-state index contributed by atoms with van der Waals surface area (Å²) in [5.74, 6) is -0.0798. The summed E-state index contributed by atoms with van der Waals surface area (Å²) >= 11 is 0. The molecule has 0 heterocycles. The second kappa shape index (κ2) is 8.85. The standard InChI is InChI=1S/C20H26N2O3S/c1-16-10-12-18(13-11-16)15-21-20(23)9-6-14-22(26(3,24)25)19-8-5-4-7-17(19)2/h4-5,7-8,10-13H,6,9,14-15H2,1-3H3,(H,21,23). The molecule has 1 amide bonds. The van der Waals surface area contributed by atoms with Gasteiger partial charge in [0.1, 0.15) is 0 Å². The number of nitrogens with zero attached hydrogens (tertiary/aromatic N) is 1. The minimum Gasteiger partial charge on any atom is -0.352 e. The first-order chi connectivity index (χ1) is 12.3. The molecule has 0 atom stereocenters. The van der Waals surface area contributed by atoms with Gasteiger partial charge in [0, 0.05) is 19.5 Å². The van der Waals surface area contributed by atoms with E-state index >= 15 is 0 Å². The lowest BCUT2D eigenvalue weighted by Crippen LogP contribution is -2.32. The van der Waals surface area contributed by atoms with E-state index in [0.29, 0.717) is 18.7 Å². The topological polar surface area (TPSA) is 66.5 Å². The van der Waals surface area contributed by atoms with Crippen molar-refractivity contribution in [1.29, 1.82) is 0 Å². The van der Waals surface area contributed by atoms with Gasteiger partial charge in [0.05, 0.1) is 11.9 Å². The zero-order chi connectivity index (χ0) is 19.2. The van der Waals surface area contributed by atoms with E-state index in [-0.39, 0.29) is 18.9 Å². The lowest BCUT2D eigenvalue weighted by Gasteiger charge is -2.24. The molecule has 6 heteroatoms. The Morgan fingerprint density at radius 1 is 1.04 bits per heavy atom. The van der Waals surface area contributed by atoms with E-state index in [1.807, 2.05) is 56.3 Å². The van der Waals surface area contributed by atoms with Crippen molar-refractivity contribution < 1.29 is 13.2 Å². The van der Waals surface area contributed by atoms with Crippen LogP contribution in [-0.4, -0.2) is 27.1 Å². The Balaban J connectivity index is 1.88. The number of para-hydroxylation sites is 1. The van der Waals surface area contributed by atoms with Gasteiger partial charge in [-0.15, -0.1) is 0 Å². The number of hydrogen-bond acceptors (Lipinski definition) is 3. The van der Waals surface area contributed by atoms with E-state index in [1.165, 1.54) is 16.1 Å². The Bertz CT molecular complexity index is 846. The first kappa shape index (κ1) is 20.0. The lowest BCUT2D eigenvalue weighted by atomic mass is 10.1. The third-order valence-electron chi connectivity index (χ3n) is 4.16. The number of anilines is 1. The largest absolute Gasteiger partial charge is 0.352 e. The Hall–Kier alpha value is -2.34. The summed E-state index contributed by atoms with van der Waals surface area (Å²) in [5, 5.41) is 2.88. The van der Waals surface area contributed by atoms with Crippen LogP contribution < -0.4 is 9.62 Å². The number of aryl methyl sites for hydroxylation is 2. The Morgan fingerprint density at radius 2 is 1.69 bits per heavy atom. The molecule has 0 bridgehead atoms. The van der Waals surface area contributed by atoms with Crippen molar-refractivity contribution in [3.8, 4) is 0 Å². The molecular weight excluding hydrogens is 348 g/mol. The molecule has 26 heavy (non-hydrogen) atoms. The number of rotatable bonds is 8. The van der Waals surface area contributed by atoms with Crippen molar-refractivity contribution in [2.45, 2.75) is 33.2 Å². The maximum atomic E-state index is 12.1. The molecule has 5 nitrogen and oxygen atoms in total. The number of nitrogens with one attached hydrogen (secondary N) is 1. The fourth-order valence-corrected chi connectivity index (χ4v) is 3.71. The second-order valence-corrected chi connectivity index (χ2v) is 8.39. The van der Waals surface area contributed by atoms with Crippen LogP contribution in [0, 0.1) is 13.8 Å². The van der Waals surface area contributed by atoms with Gasteiger partial charge < -0.3 is 5.32 Å². The van der Waals surface area contributed by atoms with Crippen molar-refractivity contribution in [2.75, 3.05) is 17.1 Å². The van der Waals surface area contributed by atoms with Crippen molar-refractivity contribution >= 4 is 21.6 Å². The van der Waals surface area contributed by atoms with Crippen molar-refractivity contribution in [3.05, 3.63) is 65.2 Å². The molecule has 140 valence electrons. The summed E-state index contributed by atoms with van der Waals surface area (Å²) in [5.41, 5.74) is 3.77. The van der Waals surface area contributed by atoms with Crippen LogP contribution >= 0.6 is 0 Å². The Morgan fingerprint density at radius 3 is 2.31 bits per heavy atom. The molecule has 0 fully saturated rings. The number of carbonyl (C=O) groups is 1. The van der Waals surface area contributed by atoms with E-state index in [0.717, 1.165) is 11.1 Å². The van der Waals surface area contributed by atoms with Crippen molar-refractivity contribution in [1.82, 2.24) is 5.32 Å². The molecule has 2 aromatic rings. The number of amides is 1.